The van der Waals surface area contributed by atoms with Crippen LogP contribution in [0.3, 0.4) is 0 Å². The highest BCUT2D eigenvalue weighted by atomic mass is 79.9. The van der Waals surface area contributed by atoms with Crippen molar-refractivity contribution in [3.05, 3.63) is 34.4 Å². The molecule has 0 saturated heterocycles. The Morgan fingerprint density at radius 3 is 2.69 bits per heavy atom. The van der Waals surface area contributed by atoms with Crippen molar-refractivity contribution in [1.29, 1.82) is 0 Å². The summed E-state index contributed by atoms with van der Waals surface area (Å²) in [7, 11) is 0. The Hall–Kier alpha value is -1.09. The molecule has 84 valence electrons. The summed E-state index contributed by atoms with van der Waals surface area (Å²) in [5, 5.41) is 1.11. The molecule has 0 N–H and O–H groups in total. The minimum Gasteiger partial charge on any atom is -0.491 e. The lowest BCUT2D eigenvalue weighted by Gasteiger charge is -2.10. The molecule has 0 bridgehead atoms. The minimum absolute atomic E-state index is 0.196. The number of hydrogen-bond acceptors (Lipinski definition) is 2. The highest BCUT2D eigenvalue weighted by Gasteiger charge is 2.03. The average Bonchev–Trinajstić information content (AvgIpc) is 2.19. The number of fused-ring (bicyclic) bond motifs is 1. The van der Waals surface area contributed by atoms with Gasteiger partial charge in [0.2, 0.25) is 0 Å². The van der Waals surface area contributed by atoms with Crippen molar-refractivity contribution in [3.63, 3.8) is 0 Å². The Balaban J connectivity index is 2.49. The lowest BCUT2D eigenvalue weighted by atomic mass is 10.1. The fourth-order valence-electron chi connectivity index (χ4n) is 1.58. The van der Waals surface area contributed by atoms with Crippen LogP contribution >= 0.6 is 15.9 Å². The second-order valence-corrected chi connectivity index (χ2v) is 4.87. The van der Waals surface area contributed by atoms with Gasteiger partial charge in [-0.1, -0.05) is 0 Å². The van der Waals surface area contributed by atoms with Gasteiger partial charge in [-0.25, -0.2) is 4.98 Å². The van der Waals surface area contributed by atoms with E-state index in [0.29, 0.717) is 0 Å². The first-order valence-electron chi connectivity index (χ1n) is 5.30. The standard InChI is InChI=1S/C13H14BrNO/c1-8(2)16-11-4-5-12-10(7-11)6-9(3)13(14)15-12/h4-8H,1-3H3. The maximum absolute atomic E-state index is 5.65. The van der Waals surface area contributed by atoms with Gasteiger partial charge >= 0.3 is 0 Å². The van der Waals surface area contributed by atoms with Gasteiger partial charge in [-0.15, -0.1) is 0 Å². The number of halogens is 1. The number of nitrogens with zero attached hydrogens (tertiary/aromatic N) is 1. The summed E-state index contributed by atoms with van der Waals surface area (Å²) in [5.41, 5.74) is 2.11. The predicted octanol–water partition coefficient (Wildman–Crippen LogP) is 4.09. The van der Waals surface area contributed by atoms with Crippen LogP contribution in [0.25, 0.3) is 10.9 Å². The molecule has 3 heteroatoms. The zero-order chi connectivity index (χ0) is 11.7. The number of rotatable bonds is 2. The van der Waals surface area contributed by atoms with Gasteiger partial charge in [-0.05, 0) is 66.5 Å². The lowest BCUT2D eigenvalue weighted by Crippen LogP contribution is -2.05. The van der Waals surface area contributed by atoms with Crippen LogP contribution in [0.2, 0.25) is 0 Å². The van der Waals surface area contributed by atoms with E-state index in [1.807, 2.05) is 39.0 Å². The summed E-state index contributed by atoms with van der Waals surface area (Å²) in [5.74, 6) is 0.894. The third-order valence-electron chi connectivity index (χ3n) is 2.29. The van der Waals surface area contributed by atoms with Gasteiger partial charge in [-0.2, -0.15) is 0 Å². The summed E-state index contributed by atoms with van der Waals surface area (Å²) in [6.45, 7) is 6.08. The van der Waals surface area contributed by atoms with Crippen molar-refractivity contribution in [2.75, 3.05) is 0 Å². The maximum atomic E-state index is 5.65. The summed E-state index contributed by atoms with van der Waals surface area (Å²) < 4.78 is 6.55. The molecular weight excluding hydrogens is 266 g/mol. The number of aromatic nitrogens is 1. The Morgan fingerprint density at radius 1 is 1.25 bits per heavy atom. The first-order valence-corrected chi connectivity index (χ1v) is 6.09. The summed E-state index contributed by atoms with van der Waals surface area (Å²) in [6.07, 6.45) is 0.196. The molecular formula is C13H14BrNO. The average molecular weight is 280 g/mol. The van der Waals surface area contributed by atoms with Crippen LogP contribution in [-0.4, -0.2) is 11.1 Å². The maximum Gasteiger partial charge on any atom is 0.120 e. The van der Waals surface area contributed by atoms with Crippen molar-refractivity contribution >= 4 is 26.8 Å². The topological polar surface area (TPSA) is 22.1 Å². The number of benzene rings is 1. The number of aryl methyl sites for hydroxylation is 1. The van der Waals surface area contributed by atoms with E-state index in [9.17, 15) is 0 Å². The van der Waals surface area contributed by atoms with E-state index in [2.05, 4.69) is 27.0 Å². The molecule has 1 heterocycles. The van der Waals surface area contributed by atoms with Crippen LogP contribution in [0.5, 0.6) is 5.75 Å². The van der Waals surface area contributed by atoms with Gasteiger partial charge in [0.05, 0.1) is 11.6 Å². The van der Waals surface area contributed by atoms with Gasteiger partial charge in [0.25, 0.3) is 0 Å². The van der Waals surface area contributed by atoms with Crippen molar-refractivity contribution in [1.82, 2.24) is 4.98 Å². The molecule has 0 aliphatic heterocycles. The van der Waals surface area contributed by atoms with Crippen molar-refractivity contribution in [2.45, 2.75) is 26.9 Å². The summed E-state index contributed by atoms with van der Waals surface area (Å²) in [4.78, 5) is 4.46. The Kier molecular flexibility index (Phi) is 3.15. The Morgan fingerprint density at radius 2 is 2.00 bits per heavy atom. The molecule has 0 radical (unpaired) electrons. The molecule has 0 atom stereocenters. The summed E-state index contributed by atoms with van der Waals surface area (Å²) in [6, 6.07) is 8.08. The molecule has 1 aromatic carbocycles. The molecule has 0 aliphatic carbocycles. The van der Waals surface area contributed by atoms with E-state index < -0.39 is 0 Å². The largest absolute Gasteiger partial charge is 0.491 e. The summed E-state index contributed by atoms with van der Waals surface area (Å²) >= 11 is 3.43. The number of pyridine rings is 1. The van der Waals surface area contributed by atoms with Crippen LogP contribution < -0.4 is 4.74 Å². The van der Waals surface area contributed by atoms with Gasteiger partial charge in [-0.3, -0.25) is 0 Å². The minimum atomic E-state index is 0.196. The normalized spacial score (nSPS) is 11.1. The fraction of sp³-hybridized carbons (Fsp3) is 0.308. The van der Waals surface area contributed by atoms with Crippen LogP contribution in [0.4, 0.5) is 0 Å². The molecule has 2 rings (SSSR count). The van der Waals surface area contributed by atoms with Gasteiger partial charge in [0.15, 0.2) is 0 Å². The Bertz CT molecular complexity index is 523. The van der Waals surface area contributed by atoms with E-state index >= 15 is 0 Å². The third-order valence-corrected chi connectivity index (χ3v) is 3.09. The number of hydrogen-bond donors (Lipinski definition) is 0. The van der Waals surface area contributed by atoms with Crippen LogP contribution in [0, 0.1) is 6.92 Å². The van der Waals surface area contributed by atoms with E-state index in [1.54, 1.807) is 0 Å². The predicted molar refractivity (Wildman–Crippen MR) is 69.9 cm³/mol. The fourth-order valence-corrected chi connectivity index (χ4v) is 1.89. The van der Waals surface area contributed by atoms with Gasteiger partial charge in [0.1, 0.15) is 10.4 Å². The molecule has 0 unspecified atom stereocenters. The van der Waals surface area contributed by atoms with E-state index in [0.717, 1.165) is 26.8 Å². The smallest absolute Gasteiger partial charge is 0.120 e. The second-order valence-electron chi connectivity index (χ2n) is 4.12. The molecule has 2 nitrogen and oxygen atoms in total. The second kappa shape index (κ2) is 4.42. The molecule has 0 aliphatic rings. The zero-order valence-corrected chi connectivity index (χ0v) is 11.2. The molecule has 0 fully saturated rings. The van der Waals surface area contributed by atoms with Crippen LogP contribution in [0.15, 0.2) is 28.9 Å². The van der Waals surface area contributed by atoms with Gasteiger partial charge < -0.3 is 4.74 Å². The molecule has 0 spiro atoms. The monoisotopic (exact) mass is 279 g/mol. The van der Waals surface area contributed by atoms with Crippen molar-refractivity contribution < 1.29 is 4.74 Å². The molecule has 1 aromatic heterocycles. The molecule has 16 heavy (non-hydrogen) atoms. The quantitative estimate of drug-likeness (QED) is 0.773. The first kappa shape index (κ1) is 11.4. The van der Waals surface area contributed by atoms with Crippen molar-refractivity contribution in [2.24, 2.45) is 0 Å². The molecule has 0 saturated carbocycles. The zero-order valence-electron chi connectivity index (χ0n) is 9.62. The molecule has 0 amide bonds. The highest BCUT2D eigenvalue weighted by molar-refractivity contribution is 9.10. The van der Waals surface area contributed by atoms with E-state index in [-0.39, 0.29) is 6.10 Å². The van der Waals surface area contributed by atoms with Crippen LogP contribution in [-0.2, 0) is 0 Å². The number of ether oxygens (including phenoxy) is 1. The Labute approximate surface area is 104 Å². The van der Waals surface area contributed by atoms with Crippen LogP contribution in [0.1, 0.15) is 19.4 Å². The van der Waals surface area contributed by atoms with E-state index in [4.69, 9.17) is 4.74 Å². The van der Waals surface area contributed by atoms with Gasteiger partial charge in [0, 0.05) is 5.39 Å². The SMILES string of the molecule is Cc1cc2cc(OC(C)C)ccc2nc1Br. The third kappa shape index (κ3) is 2.35. The van der Waals surface area contributed by atoms with Crippen molar-refractivity contribution in [3.8, 4) is 5.75 Å². The van der Waals surface area contributed by atoms with E-state index in [1.165, 1.54) is 0 Å². The molecule has 2 aromatic rings. The first-order chi connectivity index (χ1) is 7.56. The lowest BCUT2D eigenvalue weighted by molar-refractivity contribution is 0.243. The highest BCUT2D eigenvalue weighted by Crippen LogP contribution is 2.24.